The molecule has 1 rings (SSSR count). The van der Waals surface area contributed by atoms with Crippen LogP contribution in [0.1, 0.15) is 13.8 Å². The van der Waals surface area contributed by atoms with Crippen LogP contribution in [0.2, 0.25) is 0 Å². The highest BCUT2D eigenvalue weighted by Crippen LogP contribution is 2.22. The molecule has 0 amide bonds. The SMILES string of the molecule is CC(C)NCCSc1ccc(N)cc1F. The molecule has 1 aromatic carbocycles. The average Bonchev–Trinajstić information content (AvgIpc) is 2.14. The van der Waals surface area contributed by atoms with Crippen molar-refractivity contribution < 1.29 is 4.39 Å². The number of nitrogens with one attached hydrogen (secondary N) is 1. The van der Waals surface area contributed by atoms with E-state index in [1.807, 2.05) is 0 Å². The standard InChI is InChI=1S/C11H17FN2S/c1-8(2)14-5-6-15-11-4-3-9(13)7-10(11)12/h3-4,7-8,14H,5-6,13H2,1-2H3. The van der Waals surface area contributed by atoms with E-state index in [9.17, 15) is 4.39 Å². The monoisotopic (exact) mass is 228 g/mol. The lowest BCUT2D eigenvalue weighted by Gasteiger charge is -2.08. The van der Waals surface area contributed by atoms with Crippen molar-refractivity contribution in [2.24, 2.45) is 0 Å². The molecule has 0 heterocycles. The topological polar surface area (TPSA) is 38.0 Å². The summed E-state index contributed by atoms with van der Waals surface area (Å²) in [5.74, 6) is 0.628. The highest BCUT2D eigenvalue weighted by Gasteiger charge is 2.02. The molecule has 2 nitrogen and oxygen atoms in total. The Hall–Kier alpha value is -0.740. The van der Waals surface area contributed by atoms with Crippen molar-refractivity contribution in [2.45, 2.75) is 24.8 Å². The molecule has 0 aromatic heterocycles. The van der Waals surface area contributed by atoms with Crippen molar-refractivity contribution in [3.05, 3.63) is 24.0 Å². The molecule has 4 heteroatoms. The molecule has 0 saturated heterocycles. The van der Waals surface area contributed by atoms with Crippen LogP contribution >= 0.6 is 11.8 Å². The maximum Gasteiger partial charge on any atom is 0.138 e. The zero-order chi connectivity index (χ0) is 11.3. The molecule has 0 aliphatic carbocycles. The number of nitrogens with two attached hydrogens (primary N) is 1. The Morgan fingerprint density at radius 3 is 2.80 bits per heavy atom. The van der Waals surface area contributed by atoms with Crippen LogP contribution in [0, 0.1) is 5.82 Å². The van der Waals surface area contributed by atoms with Crippen LogP contribution in [0.15, 0.2) is 23.1 Å². The lowest BCUT2D eigenvalue weighted by molar-refractivity contribution is 0.601. The third kappa shape index (κ3) is 4.53. The highest BCUT2D eigenvalue weighted by molar-refractivity contribution is 7.99. The molecule has 0 radical (unpaired) electrons. The van der Waals surface area contributed by atoms with Crippen LogP contribution in [0.25, 0.3) is 0 Å². The van der Waals surface area contributed by atoms with Gasteiger partial charge in [0.25, 0.3) is 0 Å². The molecule has 0 unspecified atom stereocenters. The quantitative estimate of drug-likeness (QED) is 0.462. The van der Waals surface area contributed by atoms with Crippen molar-refractivity contribution in [3.63, 3.8) is 0 Å². The van der Waals surface area contributed by atoms with Gasteiger partial charge in [0.1, 0.15) is 5.82 Å². The Bertz CT molecular complexity index is 315. The van der Waals surface area contributed by atoms with Crippen LogP contribution in [-0.4, -0.2) is 18.3 Å². The summed E-state index contributed by atoms with van der Waals surface area (Å²) in [5.41, 5.74) is 5.93. The van der Waals surface area contributed by atoms with Gasteiger partial charge in [0, 0.05) is 28.9 Å². The van der Waals surface area contributed by atoms with Gasteiger partial charge < -0.3 is 11.1 Å². The van der Waals surface area contributed by atoms with Gasteiger partial charge in [-0.2, -0.15) is 0 Å². The minimum Gasteiger partial charge on any atom is -0.399 e. The number of hydrogen-bond acceptors (Lipinski definition) is 3. The van der Waals surface area contributed by atoms with Crippen molar-refractivity contribution in [1.29, 1.82) is 0 Å². The number of rotatable bonds is 5. The number of anilines is 1. The predicted molar refractivity (Wildman–Crippen MR) is 64.7 cm³/mol. The zero-order valence-corrected chi connectivity index (χ0v) is 9.90. The summed E-state index contributed by atoms with van der Waals surface area (Å²) in [6.07, 6.45) is 0. The molecule has 15 heavy (non-hydrogen) atoms. The number of hydrogen-bond donors (Lipinski definition) is 2. The van der Waals surface area contributed by atoms with Gasteiger partial charge >= 0.3 is 0 Å². The first-order valence-corrected chi connectivity index (χ1v) is 5.99. The van der Waals surface area contributed by atoms with E-state index < -0.39 is 0 Å². The molecule has 0 aliphatic rings. The number of benzene rings is 1. The fraction of sp³-hybridized carbons (Fsp3) is 0.455. The number of thioether (sulfide) groups is 1. The van der Waals surface area contributed by atoms with E-state index in [1.165, 1.54) is 17.8 Å². The number of halogens is 1. The van der Waals surface area contributed by atoms with Crippen LogP contribution in [0.3, 0.4) is 0 Å². The third-order valence-electron chi connectivity index (χ3n) is 1.87. The smallest absolute Gasteiger partial charge is 0.138 e. The molecule has 0 aliphatic heterocycles. The zero-order valence-electron chi connectivity index (χ0n) is 9.09. The molecule has 84 valence electrons. The normalized spacial score (nSPS) is 10.9. The highest BCUT2D eigenvalue weighted by atomic mass is 32.2. The van der Waals surface area contributed by atoms with Gasteiger partial charge in [-0.15, -0.1) is 11.8 Å². The Morgan fingerprint density at radius 1 is 1.47 bits per heavy atom. The summed E-state index contributed by atoms with van der Waals surface area (Å²) in [6, 6.07) is 5.28. The van der Waals surface area contributed by atoms with Crippen molar-refractivity contribution >= 4 is 17.4 Å². The van der Waals surface area contributed by atoms with E-state index in [-0.39, 0.29) is 5.82 Å². The summed E-state index contributed by atoms with van der Waals surface area (Å²) < 4.78 is 13.3. The summed E-state index contributed by atoms with van der Waals surface area (Å²) in [6.45, 7) is 5.06. The van der Waals surface area contributed by atoms with Crippen molar-refractivity contribution in [2.75, 3.05) is 18.0 Å². The minimum absolute atomic E-state index is 0.232. The van der Waals surface area contributed by atoms with Gasteiger partial charge in [0.15, 0.2) is 0 Å². The molecule has 0 bridgehead atoms. The maximum atomic E-state index is 13.3. The van der Waals surface area contributed by atoms with Gasteiger partial charge in [-0.25, -0.2) is 4.39 Å². The van der Waals surface area contributed by atoms with E-state index in [2.05, 4.69) is 19.2 Å². The van der Waals surface area contributed by atoms with Gasteiger partial charge in [-0.05, 0) is 18.2 Å². The van der Waals surface area contributed by atoms with Gasteiger partial charge in [-0.3, -0.25) is 0 Å². The van der Waals surface area contributed by atoms with Crippen molar-refractivity contribution in [1.82, 2.24) is 5.32 Å². The Kier molecular flexibility index (Phi) is 4.91. The van der Waals surface area contributed by atoms with E-state index >= 15 is 0 Å². The minimum atomic E-state index is -0.232. The molecule has 0 fully saturated rings. The van der Waals surface area contributed by atoms with Crippen LogP contribution in [-0.2, 0) is 0 Å². The third-order valence-corrected chi connectivity index (χ3v) is 2.92. The second-order valence-electron chi connectivity index (χ2n) is 3.65. The summed E-state index contributed by atoms with van der Waals surface area (Å²) >= 11 is 1.50. The Balaban J connectivity index is 2.37. The molecule has 0 saturated carbocycles. The molecule has 1 aromatic rings. The van der Waals surface area contributed by atoms with E-state index in [1.54, 1.807) is 12.1 Å². The molecular formula is C11H17FN2S. The second-order valence-corrected chi connectivity index (χ2v) is 4.78. The van der Waals surface area contributed by atoms with Crippen LogP contribution < -0.4 is 11.1 Å². The van der Waals surface area contributed by atoms with Crippen LogP contribution in [0.5, 0.6) is 0 Å². The molecule has 3 N–H and O–H groups in total. The van der Waals surface area contributed by atoms with Gasteiger partial charge in [0.05, 0.1) is 0 Å². The van der Waals surface area contributed by atoms with Gasteiger partial charge in [0.2, 0.25) is 0 Å². The molecular weight excluding hydrogens is 211 g/mol. The number of nitrogen functional groups attached to an aromatic ring is 1. The average molecular weight is 228 g/mol. The van der Waals surface area contributed by atoms with E-state index in [4.69, 9.17) is 5.73 Å². The first-order valence-electron chi connectivity index (χ1n) is 5.01. The van der Waals surface area contributed by atoms with Crippen LogP contribution in [0.4, 0.5) is 10.1 Å². The van der Waals surface area contributed by atoms with Crippen molar-refractivity contribution in [3.8, 4) is 0 Å². The lowest BCUT2D eigenvalue weighted by atomic mass is 10.3. The predicted octanol–water partition coefficient (Wildman–Crippen LogP) is 2.50. The fourth-order valence-corrected chi connectivity index (χ4v) is 1.94. The first-order chi connectivity index (χ1) is 7.09. The first kappa shape index (κ1) is 12.3. The second kappa shape index (κ2) is 5.98. The fourth-order valence-electron chi connectivity index (χ4n) is 1.14. The van der Waals surface area contributed by atoms with E-state index in [0.717, 1.165) is 12.3 Å². The molecule has 0 atom stereocenters. The summed E-state index contributed by atoms with van der Waals surface area (Å²) in [7, 11) is 0. The molecule has 0 spiro atoms. The Morgan fingerprint density at radius 2 is 2.20 bits per heavy atom. The van der Waals surface area contributed by atoms with E-state index in [0.29, 0.717) is 16.6 Å². The Labute approximate surface area is 94.4 Å². The maximum absolute atomic E-state index is 13.3. The van der Waals surface area contributed by atoms with Gasteiger partial charge in [-0.1, -0.05) is 13.8 Å². The summed E-state index contributed by atoms with van der Waals surface area (Å²) in [4.78, 5) is 0.662. The summed E-state index contributed by atoms with van der Waals surface area (Å²) in [5, 5.41) is 3.28. The lowest BCUT2D eigenvalue weighted by Crippen LogP contribution is -2.24. The largest absolute Gasteiger partial charge is 0.399 e.